The Hall–Kier alpha value is -7.31. The largest absolute Gasteiger partial charge is 0.355 e. The van der Waals surface area contributed by atoms with Gasteiger partial charge < -0.3 is 19.1 Å². The predicted molar refractivity (Wildman–Crippen MR) is 230 cm³/mol. The van der Waals surface area contributed by atoms with Crippen LogP contribution in [0.15, 0.2) is 176 Å². The Labute approximate surface area is 321 Å². The number of pyridine rings is 1. The van der Waals surface area contributed by atoms with Crippen molar-refractivity contribution in [2.75, 3.05) is 28.3 Å². The molecular formula is C49H34N6. The van der Waals surface area contributed by atoms with Crippen LogP contribution in [0.25, 0.3) is 65.5 Å². The van der Waals surface area contributed by atoms with Crippen LogP contribution in [0.5, 0.6) is 0 Å². The fraction of sp³-hybridized carbons (Fsp3) is 0.0408. The van der Waals surface area contributed by atoms with Crippen LogP contribution in [0.4, 0.5) is 34.1 Å². The lowest BCUT2D eigenvalue weighted by Gasteiger charge is -2.27. The summed E-state index contributed by atoms with van der Waals surface area (Å²) in [6.45, 7) is -2.06. The zero-order chi connectivity index (χ0) is 38.7. The van der Waals surface area contributed by atoms with Crippen molar-refractivity contribution in [3.8, 4) is 0 Å². The van der Waals surface area contributed by atoms with E-state index in [1.807, 2.05) is 42.6 Å². The topological polar surface area (TPSA) is 31.4 Å². The first-order chi connectivity index (χ1) is 28.4. The van der Waals surface area contributed by atoms with E-state index in [0.717, 1.165) is 72.3 Å². The van der Waals surface area contributed by atoms with Gasteiger partial charge in [-0.2, -0.15) is 0 Å². The highest BCUT2D eigenvalue weighted by molar-refractivity contribution is 6.25. The van der Waals surface area contributed by atoms with Crippen LogP contribution in [0, 0.1) is 0 Å². The van der Waals surface area contributed by atoms with Gasteiger partial charge in [0.2, 0.25) is 0 Å². The summed E-state index contributed by atoms with van der Waals surface area (Å²) >= 11 is 0. The van der Waals surface area contributed by atoms with E-state index in [-0.39, 0.29) is 6.67 Å². The van der Waals surface area contributed by atoms with E-state index in [2.05, 4.69) is 152 Å². The molecule has 0 bridgehead atoms. The van der Waals surface area contributed by atoms with Crippen molar-refractivity contribution in [3.05, 3.63) is 176 Å². The van der Waals surface area contributed by atoms with E-state index in [1.54, 1.807) is 0 Å². The van der Waals surface area contributed by atoms with Gasteiger partial charge >= 0.3 is 0 Å². The van der Waals surface area contributed by atoms with Crippen LogP contribution in [0.1, 0.15) is 4.11 Å². The molecule has 6 heteroatoms. The fourth-order valence-corrected chi connectivity index (χ4v) is 9.11. The molecular weight excluding hydrogens is 673 g/mol. The van der Waals surface area contributed by atoms with Crippen LogP contribution in [-0.4, -0.2) is 27.4 Å². The second kappa shape index (κ2) is 11.3. The van der Waals surface area contributed by atoms with Gasteiger partial charge in [0.15, 0.2) is 5.65 Å². The molecule has 5 heterocycles. The summed E-state index contributed by atoms with van der Waals surface area (Å²) < 4.78 is 29.6. The van der Waals surface area contributed by atoms with Gasteiger partial charge in [-0.15, -0.1) is 0 Å². The van der Waals surface area contributed by atoms with Crippen molar-refractivity contribution in [2.24, 2.45) is 0 Å². The van der Waals surface area contributed by atoms with E-state index in [0.29, 0.717) is 5.69 Å². The third kappa shape index (κ3) is 4.22. The summed E-state index contributed by atoms with van der Waals surface area (Å²) in [5, 5.41) is 7.07. The van der Waals surface area contributed by atoms with E-state index in [9.17, 15) is 0 Å². The molecule has 0 fully saturated rings. The molecule has 1 aliphatic heterocycles. The zero-order valence-electron chi connectivity index (χ0n) is 32.6. The van der Waals surface area contributed by atoms with Gasteiger partial charge in [-0.05, 0) is 72.8 Å². The lowest BCUT2D eigenvalue weighted by atomic mass is 10.0. The number of nitrogens with zero attached hydrogens (tertiary/aromatic N) is 6. The average Bonchev–Trinajstić information content (AvgIpc) is 3.92. The highest BCUT2D eigenvalue weighted by atomic mass is 15.4. The summed E-state index contributed by atoms with van der Waals surface area (Å²) in [6.07, 6.45) is 1.89. The Morgan fingerprint density at radius 2 is 1.11 bits per heavy atom. The zero-order valence-corrected chi connectivity index (χ0v) is 29.6. The van der Waals surface area contributed by atoms with Gasteiger partial charge in [-0.1, -0.05) is 97.1 Å². The number of hydrogen-bond donors (Lipinski definition) is 0. The van der Waals surface area contributed by atoms with E-state index in [4.69, 9.17) is 9.10 Å². The summed E-state index contributed by atoms with van der Waals surface area (Å²) in [6, 6.07) is 59.4. The quantitative estimate of drug-likeness (QED) is 0.182. The summed E-state index contributed by atoms with van der Waals surface area (Å²) in [4.78, 5) is 11.0. The van der Waals surface area contributed by atoms with Crippen molar-refractivity contribution in [3.63, 3.8) is 0 Å². The molecule has 1 aliphatic rings. The van der Waals surface area contributed by atoms with E-state index in [1.165, 1.54) is 26.6 Å². The minimum absolute atomic E-state index is 0.220. The second-order valence-electron chi connectivity index (χ2n) is 14.3. The van der Waals surface area contributed by atoms with Crippen LogP contribution in [0.2, 0.25) is 0 Å². The van der Waals surface area contributed by atoms with E-state index < -0.39 is 6.98 Å². The molecule has 7 aromatic carbocycles. The minimum Gasteiger partial charge on any atom is -0.355 e. The average molecular weight is 710 g/mol. The second-order valence-corrected chi connectivity index (χ2v) is 14.3. The highest BCUT2D eigenvalue weighted by Crippen LogP contribution is 2.45. The first-order valence-electron chi connectivity index (χ1n) is 20.1. The molecule has 0 saturated heterocycles. The molecule has 11 aromatic rings. The standard InChI is InChI=1S/C49H34N6/c1-51-31-52(44-24-8-7-23-43(44)51)33-15-9-16-34(29-33)53(32-13-3-2-4-14-32)35-26-27-37-39-19-11-21-41-40-20-10-18-38-36-17-5-6-22-42(36)54(47(38)40)45-25-12-28-50-49(45)55(48(39)41)46(37)30-35/h2-30H,31H2,1H3/i1D3. The van der Waals surface area contributed by atoms with E-state index >= 15 is 0 Å². The maximum atomic E-state index is 8.28. The molecule has 0 aliphatic carbocycles. The normalized spacial score (nSPS) is 14.1. The monoisotopic (exact) mass is 709 g/mol. The van der Waals surface area contributed by atoms with Crippen molar-refractivity contribution >= 4 is 99.7 Å². The predicted octanol–water partition coefficient (Wildman–Crippen LogP) is 12.4. The maximum Gasteiger partial charge on any atom is 0.162 e. The molecule has 12 rings (SSSR count). The van der Waals surface area contributed by atoms with Gasteiger partial charge in [0.1, 0.15) is 0 Å². The first kappa shape index (κ1) is 27.3. The highest BCUT2D eigenvalue weighted by Gasteiger charge is 2.25. The third-order valence-electron chi connectivity index (χ3n) is 11.4. The molecule has 0 radical (unpaired) electrons. The number of para-hydroxylation sites is 6. The number of fused-ring (bicyclic) bond motifs is 11. The number of anilines is 6. The van der Waals surface area contributed by atoms with Crippen LogP contribution in [0.3, 0.4) is 0 Å². The Morgan fingerprint density at radius 3 is 1.93 bits per heavy atom. The molecule has 0 amide bonds. The lowest BCUT2D eigenvalue weighted by molar-refractivity contribution is 0.949. The Morgan fingerprint density at radius 1 is 0.491 bits per heavy atom. The summed E-state index contributed by atoms with van der Waals surface area (Å²) in [5.74, 6) is 0. The third-order valence-corrected chi connectivity index (χ3v) is 11.4. The first-order valence-corrected chi connectivity index (χ1v) is 18.6. The number of aromatic nitrogens is 3. The summed E-state index contributed by atoms with van der Waals surface area (Å²) in [7, 11) is 0. The number of rotatable bonds is 4. The molecule has 0 atom stereocenters. The molecule has 0 N–H and O–H groups in total. The van der Waals surface area contributed by atoms with Crippen molar-refractivity contribution in [1.29, 1.82) is 0 Å². The Kier molecular flexibility index (Phi) is 5.63. The number of hydrogen-bond acceptors (Lipinski definition) is 4. The molecule has 0 saturated carbocycles. The van der Waals surface area contributed by atoms with Gasteiger partial charge in [0.25, 0.3) is 0 Å². The van der Waals surface area contributed by atoms with Crippen molar-refractivity contribution < 1.29 is 4.11 Å². The number of benzene rings is 7. The SMILES string of the molecule is [2H]C([2H])([2H])N1CN(c2cccc(N(c3ccccc3)c3ccc4c5cccc6c7cccc8c9ccccc9n(c9cccnc9n(c4c3)c56)c87)c2)c2ccccc21. The molecule has 0 unspecified atom stereocenters. The van der Waals surface area contributed by atoms with Gasteiger partial charge in [-0.3, -0.25) is 4.40 Å². The van der Waals surface area contributed by atoms with Gasteiger partial charge in [0, 0.05) is 72.4 Å². The molecule has 55 heavy (non-hydrogen) atoms. The lowest BCUT2D eigenvalue weighted by Crippen LogP contribution is -2.24. The van der Waals surface area contributed by atoms with Gasteiger partial charge in [0.05, 0.1) is 45.6 Å². The molecule has 260 valence electrons. The Bertz CT molecular complexity index is 3460. The maximum absolute atomic E-state index is 8.28. The smallest absolute Gasteiger partial charge is 0.162 e. The molecule has 6 nitrogen and oxygen atoms in total. The molecule has 0 spiro atoms. The van der Waals surface area contributed by atoms with Crippen LogP contribution in [-0.2, 0) is 0 Å². The summed E-state index contributed by atoms with van der Waals surface area (Å²) in [5.41, 5.74) is 11.8. The van der Waals surface area contributed by atoms with Crippen LogP contribution < -0.4 is 14.7 Å². The molecule has 4 aromatic heterocycles. The Balaban J connectivity index is 1.14. The fourth-order valence-electron chi connectivity index (χ4n) is 9.11. The minimum atomic E-state index is -2.28. The van der Waals surface area contributed by atoms with Crippen molar-refractivity contribution in [2.45, 2.75) is 0 Å². The van der Waals surface area contributed by atoms with Crippen LogP contribution >= 0.6 is 0 Å². The van der Waals surface area contributed by atoms with Crippen molar-refractivity contribution in [1.82, 2.24) is 13.8 Å². The van der Waals surface area contributed by atoms with Gasteiger partial charge in [-0.25, -0.2) is 4.98 Å².